The summed E-state index contributed by atoms with van der Waals surface area (Å²) < 4.78 is 11.2. The summed E-state index contributed by atoms with van der Waals surface area (Å²) in [5.74, 6) is 1.26. The van der Waals surface area contributed by atoms with Crippen LogP contribution in [0.15, 0.2) is 83.3 Å². The Morgan fingerprint density at radius 2 is 1.52 bits per heavy atom. The Hall–Kier alpha value is -3.33. The van der Waals surface area contributed by atoms with Gasteiger partial charge in [0.05, 0.1) is 12.7 Å². The van der Waals surface area contributed by atoms with Crippen LogP contribution in [0, 0.1) is 0 Å². The van der Waals surface area contributed by atoms with E-state index in [0.29, 0.717) is 22.5 Å². The van der Waals surface area contributed by atoms with Gasteiger partial charge in [0.1, 0.15) is 17.1 Å². The molecule has 4 aromatic rings. The van der Waals surface area contributed by atoms with E-state index in [4.69, 9.17) is 9.15 Å². The van der Waals surface area contributed by atoms with Crippen LogP contribution in [0.1, 0.15) is 15.9 Å². The number of ketones is 1. The number of fused-ring (bicyclic) bond motifs is 1. The summed E-state index contributed by atoms with van der Waals surface area (Å²) in [4.78, 5) is 13.2. The molecule has 3 aromatic carbocycles. The quantitative estimate of drug-likeness (QED) is 0.475. The summed E-state index contributed by atoms with van der Waals surface area (Å²) in [5, 5.41) is 0.821. The highest BCUT2D eigenvalue weighted by Crippen LogP contribution is 2.35. The van der Waals surface area contributed by atoms with Gasteiger partial charge < -0.3 is 9.15 Å². The molecule has 0 bridgehead atoms. The number of carbonyl (C=O) groups excluding carboxylic acids is 1. The number of carbonyl (C=O) groups is 1. The first-order valence-electron chi connectivity index (χ1n) is 8.03. The molecule has 0 aliphatic heterocycles. The van der Waals surface area contributed by atoms with Crippen molar-refractivity contribution in [2.75, 3.05) is 7.11 Å². The number of hydrogen-bond donors (Lipinski definition) is 0. The molecule has 0 aliphatic carbocycles. The largest absolute Gasteiger partial charge is 0.497 e. The molecular weight excluding hydrogens is 312 g/mol. The Labute approximate surface area is 145 Å². The van der Waals surface area contributed by atoms with Crippen LogP contribution < -0.4 is 4.74 Å². The lowest BCUT2D eigenvalue weighted by molar-refractivity contribution is 0.104. The minimum absolute atomic E-state index is 0.0635. The van der Waals surface area contributed by atoms with Gasteiger partial charge in [0, 0.05) is 16.5 Å². The highest BCUT2D eigenvalue weighted by Gasteiger charge is 2.22. The van der Waals surface area contributed by atoms with Gasteiger partial charge in [-0.15, -0.1) is 0 Å². The lowest BCUT2D eigenvalue weighted by atomic mass is 9.97. The summed E-state index contributed by atoms with van der Waals surface area (Å²) in [5.41, 5.74) is 2.78. The molecule has 0 N–H and O–H groups in total. The Kier molecular flexibility index (Phi) is 3.82. The van der Waals surface area contributed by atoms with Crippen LogP contribution >= 0.6 is 0 Å². The van der Waals surface area contributed by atoms with Crippen molar-refractivity contribution in [2.24, 2.45) is 0 Å². The molecule has 0 amide bonds. The SMILES string of the molecule is COc1ccc(C(=O)c2c(-c3ccccc3)oc3ccccc23)cc1. The van der Waals surface area contributed by atoms with Gasteiger partial charge >= 0.3 is 0 Å². The Morgan fingerprint density at radius 1 is 0.840 bits per heavy atom. The van der Waals surface area contributed by atoms with Crippen LogP contribution in [-0.2, 0) is 0 Å². The highest BCUT2D eigenvalue weighted by atomic mass is 16.5. The molecule has 25 heavy (non-hydrogen) atoms. The molecule has 4 rings (SSSR count). The smallest absolute Gasteiger partial charge is 0.197 e. The van der Waals surface area contributed by atoms with Gasteiger partial charge in [-0.2, -0.15) is 0 Å². The third kappa shape index (κ3) is 2.70. The van der Waals surface area contributed by atoms with E-state index in [9.17, 15) is 4.79 Å². The molecule has 0 saturated carbocycles. The van der Waals surface area contributed by atoms with Gasteiger partial charge in [-0.1, -0.05) is 48.5 Å². The van der Waals surface area contributed by atoms with Crippen molar-refractivity contribution >= 4 is 16.8 Å². The standard InChI is InChI=1S/C22H16O3/c1-24-17-13-11-15(12-14-17)21(23)20-18-9-5-6-10-19(18)25-22(20)16-7-3-2-4-8-16/h2-14H,1H3. The number of para-hydroxylation sites is 1. The first-order valence-corrected chi connectivity index (χ1v) is 8.03. The Morgan fingerprint density at radius 3 is 2.24 bits per heavy atom. The summed E-state index contributed by atoms with van der Waals surface area (Å²) in [6.45, 7) is 0. The molecule has 0 spiro atoms. The van der Waals surface area contributed by atoms with E-state index >= 15 is 0 Å². The second kappa shape index (κ2) is 6.29. The first-order chi connectivity index (χ1) is 12.3. The zero-order chi connectivity index (χ0) is 17.2. The Bertz CT molecular complexity index is 1030. The Balaban J connectivity index is 1.91. The number of rotatable bonds is 4. The molecule has 0 aliphatic rings. The van der Waals surface area contributed by atoms with Crippen molar-refractivity contribution in [1.82, 2.24) is 0 Å². The zero-order valence-electron chi connectivity index (χ0n) is 13.7. The van der Waals surface area contributed by atoms with E-state index in [0.717, 1.165) is 16.7 Å². The lowest BCUT2D eigenvalue weighted by Crippen LogP contribution is -2.02. The van der Waals surface area contributed by atoms with Gasteiger partial charge in [0.15, 0.2) is 5.78 Å². The van der Waals surface area contributed by atoms with Crippen LogP contribution in [0.3, 0.4) is 0 Å². The van der Waals surface area contributed by atoms with E-state index in [1.807, 2.05) is 54.6 Å². The molecule has 3 nitrogen and oxygen atoms in total. The van der Waals surface area contributed by atoms with E-state index < -0.39 is 0 Å². The van der Waals surface area contributed by atoms with Crippen molar-refractivity contribution in [1.29, 1.82) is 0 Å². The topological polar surface area (TPSA) is 39.4 Å². The van der Waals surface area contributed by atoms with Gasteiger partial charge in [-0.05, 0) is 30.3 Å². The van der Waals surface area contributed by atoms with E-state index in [-0.39, 0.29) is 5.78 Å². The van der Waals surface area contributed by atoms with Crippen LogP contribution in [0.5, 0.6) is 5.75 Å². The molecule has 3 heteroatoms. The molecule has 0 fully saturated rings. The molecular formula is C22H16O3. The average molecular weight is 328 g/mol. The number of ether oxygens (including phenoxy) is 1. The summed E-state index contributed by atoms with van der Waals surface area (Å²) >= 11 is 0. The van der Waals surface area contributed by atoms with Gasteiger partial charge in [-0.3, -0.25) is 4.79 Å². The number of hydrogen-bond acceptors (Lipinski definition) is 3. The van der Waals surface area contributed by atoms with Crippen LogP contribution in [0.2, 0.25) is 0 Å². The highest BCUT2D eigenvalue weighted by molar-refractivity contribution is 6.19. The van der Waals surface area contributed by atoms with Crippen molar-refractivity contribution in [3.63, 3.8) is 0 Å². The predicted octanol–water partition coefficient (Wildman–Crippen LogP) is 5.34. The van der Waals surface area contributed by atoms with Crippen molar-refractivity contribution in [3.05, 3.63) is 90.0 Å². The molecule has 0 unspecified atom stereocenters. The number of benzene rings is 3. The molecule has 1 heterocycles. The van der Waals surface area contributed by atoms with Crippen molar-refractivity contribution in [2.45, 2.75) is 0 Å². The molecule has 1 aromatic heterocycles. The maximum atomic E-state index is 13.2. The minimum atomic E-state index is -0.0635. The fourth-order valence-electron chi connectivity index (χ4n) is 2.95. The molecule has 0 atom stereocenters. The monoisotopic (exact) mass is 328 g/mol. The van der Waals surface area contributed by atoms with Crippen LogP contribution in [-0.4, -0.2) is 12.9 Å². The predicted molar refractivity (Wildman–Crippen MR) is 98.1 cm³/mol. The van der Waals surface area contributed by atoms with Crippen molar-refractivity contribution < 1.29 is 13.9 Å². The maximum absolute atomic E-state index is 13.2. The third-order valence-corrected chi connectivity index (χ3v) is 4.21. The normalized spacial score (nSPS) is 10.8. The van der Waals surface area contributed by atoms with Crippen LogP contribution in [0.4, 0.5) is 0 Å². The van der Waals surface area contributed by atoms with Crippen LogP contribution in [0.25, 0.3) is 22.3 Å². The van der Waals surface area contributed by atoms with E-state index in [1.165, 1.54) is 0 Å². The molecule has 122 valence electrons. The fraction of sp³-hybridized carbons (Fsp3) is 0.0455. The minimum Gasteiger partial charge on any atom is -0.497 e. The first kappa shape index (κ1) is 15.2. The molecule has 0 saturated heterocycles. The van der Waals surface area contributed by atoms with E-state index in [2.05, 4.69) is 0 Å². The van der Waals surface area contributed by atoms with Gasteiger partial charge in [-0.25, -0.2) is 0 Å². The second-order valence-corrected chi connectivity index (χ2v) is 5.73. The van der Waals surface area contributed by atoms with Gasteiger partial charge in [0.2, 0.25) is 0 Å². The van der Waals surface area contributed by atoms with E-state index in [1.54, 1.807) is 31.4 Å². The lowest BCUT2D eigenvalue weighted by Gasteiger charge is -2.05. The fourth-order valence-corrected chi connectivity index (χ4v) is 2.95. The van der Waals surface area contributed by atoms with Crippen molar-refractivity contribution in [3.8, 4) is 17.1 Å². The summed E-state index contributed by atoms with van der Waals surface area (Å²) in [6, 6.07) is 24.5. The average Bonchev–Trinajstić information content (AvgIpc) is 3.08. The maximum Gasteiger partial charge on any atom is 0.197 e. The third-order valence-electron chi connectivity index (χ3n) is 4.21. The van der Waals surface area contributed by atoms with Gasteiger partial charge in [0.25, 0.3) is 0 Å². The molecule has 0 radical (unpaired) electrons. The zero-order valence-corrected chi connectivity index (χ0v) is 13.7. The summed E-state index contributed by atoms with van der Waals surface area (Å²) in [7, 11) is 1.61. The summed E-state index contributed by atoms with van der Waals surface area (Å²) in [6.07, 6.45) is 0. The number of methoxy groups -OCH3 is 1. The number of furan rings is 1. The second-order valence-electron chi connectivity index (χ2n) is 5.73.